The van der Waals surface area contributed by atoms with Crippen molar-refractivity contribution < 1.29 is 18.4 Å². The molecular weight excluding hydrogens is 543 g/mol. The summed E-state index contributed by atoms with van der Waals surface area (Å²) in [5.74, 6) is -1.60. The number of fused-ring (bicyclic) bond motifs is 1. The molecule has 3 aromatic rings. The molecule has 1 fully saturated rings. The number of pyridine rings is 1. The molecule has 162 valence electrons. The molecule has 3 heterocycles. The van der Waals surface area contributed by atoms with Gasteiger partial charge in [-0.3, -0.25) is 19.3 Å². The van der Waals surface area contributed by atoms with Gasteiger partial charge in [-0.25, -0.2) is 8.78 Å². The number of alkyl halides is 1. The van der Waals surface area contributed by atoms with Gasteiger partial charge in [-0.05, 0) is 34.7 Å². The van der Waals surface area contributed by atoms with Gasteiger partial charge in [0, 0.05) is 30.1 Å². The van der Waals surface area contributed by atoms with Gasteiger partial charge in [-0.2, -0.15) is 5.10 Å². The fraction of sp³-hybridized carbons (Fsp3) is 0.300. The fourth-order valence-electron chi connectivity index (χ4n) is 3.61. The molecule has 0 saturated carbocycles. The molecule has 2 aromatic heterocycles. The van der Waals surface area contributed by atoms with Gasteiger partial charge in [0.15, 0.2) is 0 Å². The summed E-state index contributed by atoms with van der Waals surface area (Å²) in [6.07, 6.45) is 1.80. The van der Waals surface area contributed by atoms with Crippen LogP contribution in [0.15, 0.2) is 36.7 Å². The lowest BCUT2D eigenvalue weighted by molar-refractivity contribution is -0.139. The predicted octanol–water partition coefficient (Wildman–Crippen LogP) is 3.08. The van der Waals surface area contributed by atoms with Gasteiger partial charge in [0.05, 0.1) is 23.3 Å². The lowest BCUT2D eigenvalue weighted by Gasteiger charge is -2.23. The number of rotatable bonds is 5. The van der Waals surface area contributed by atoms with Gasteiger partial charge in [-0.1, -0.05) is 23.7 Å². The highest BCUT2D eigenvalue weighted by atomic mass is 127. The molecule has 0 radical (unpaired) electrons. The van der Waals surface area contributed by atoms with Gasteiger partial charge >= 0.3 is 0 Å². The van der Waals surface area contributed by atoms with E-state index in [1.807, 2.05) is 0 Å². The largest absolute Gasteiger partial charge is 0.350 e. The third kappa shape index (κ3) is 4.49. The second-order valence-corrected chi connectivity index (χ2v) is 8.60. The van der Waals surface area contributed by atoms with Crippen LogP contribution < -0.4 is 5.32 Å². The van der Waals surface area contributed by atoms with Crippen LogP contribution in [0.5, 0.6) is 0 Å². The van der Waals surface area contributed by atoms with E-state index in [0.29, 0.717) is 9.22 Å². The van der Waals surface area contributed by atoms with E-state index in [9.17, 15) is 18.4 Å². The Balaban J connectivity index is 1.47. The van der Waals surface area contributed by atoms with Gasteiger partial charge < -0.3 is 10.2 Å². The predicted molar refractivity (Wildman–Crippen MR) is 119 cm³/mol. The van der Waals surface area contributed by atoms with Crippen LogP contribution in [-0.4, -0.2) is 50.2 Å². The molecule has 1 aliphatic rings. The molecule has 2 amide bonds. The first-order valence-electron chi connectivity index (χ1n) is 9.45. The minimum Gasteiger partial charge on any atom is -0.350 e. The van der Waals surface area contributed by atoms with Crippen LogP contribution in [0, 0.1) is 9.52 Å². The van der Waals surface area contributed by atoms with E-state index >= 15 is 0 Å². The molecule has 0 bridgehead atoms. The number of hydrogen-bond donors (Lipinski definition) is 1. The quantitative estimate of drug-likeness (QED) is 0.488. The number of carbonyl (C=O) groups is 2. The van der Waals surface area contributed by atoms with Crippen LogP contribution in [-0.2, 0) is 22.7 Å². The first-order valence-corrected chi connectivity index (χ1v) is 10.9. The molecule has 7 nitrogen and oxygen atoms in total. The summed E-state index contributed by atoms with van der Waals surface area (Å²) in [5, 5.41) is 7.73. The zero-order valence-electron chi connectivity index (χ0n) is 16.1. The Hall–Kier alpha value is -2.34. The Morgan fingerprint density at radius 2 is 2.13 bits per heavy atom. The molecule has 0 unspecified atom stereocenters. The maximum Gasteiger partial charge on any atom is 0.245 e. The van der Waals surface area contributed by atoms with Crippen LogP contribution in [0.1, 0.15) is 12.0 Å². The highest BCUT2D eigenvalue weighted by Gasteiger charge is 2.39. The highest BCUT2D eigenvalue weighted by molar-refractivity contribution is 14.1. The maximum atomic E-state index is 14.1. The van der Waals surface area contributed by atoms with Crippen LogP contribution >= 0.6 is 34.2 Å². The number of nitrogens with zero attached hydrogens (tertiary/aromatic N) is 4. The summed E-state index contributed by atoms with van der Waals surface area (Å²) in [5.41, 5.74) is 0.882. The number of aromatic nitrogens is 3. The zero-order chi connectivity index (χ0) is 22.1. The molecular formula is C20H17ClF2IN5O2. The fourth-order valence-corrected chi connectivity index (χ4v) is 4.52. The molecule has 1 aromatic carbocycles. The minimum absolute atomic E-state index is 0.0520. The van der Waals surface area contributed by atoms with Crippen LogP contribution in [0.25, 0.3) is 10.9 Å². The normalized spacial score (nSPS) is 18.5. The van der Waals surface area contributed by atoms with E-state index < -0.39 is 29.8 Å². The number of likely N-dealkylation sites (tertiary alicyclic amines) is 1. The van der Waals surface area contributed by atoms with E-state index in [0.717, 1.165) is 5.39 Å². The Kier molecular flexibility index (Phi) is 6.37. The SMILES string of the molecule is O=C(NCc1cccc(Cl)c1F)[C@@H]1C[C@@H](F)CN1C(=O)Cn1nc(I)c2ccncc21. The number of nitrogens with one attached hydrogen (secondary N) is 1. The summed E-state index contributed by atoms with van der Waals surface area (Å²) in [6, 6.07) is 5.28. The van der Waals surface area contributed by atoms with Crippen LogP contribution in [0.4, 0.5) is 8.78 Å². The maximum absolute atomic E-state index is 14.1. The molecule has 4 rings (SSSR count). The number of hydrogen-bond acceptors (Lipinski definition) is 4. The van der Waals surface area contributed by atoms with Gasteiger partial charge in [-0.15, -0.1) is 0 Å². The second kappa shape index (κ2) is 9.03. The van der Waals surface area contributed by atoms with Crippen molar-refractivity contribution in [3.63, 3.8) is 0 Å². The number of halogens is 4. The van der Waals surface area contributed by atoms with E-state index in [4.69, 9.17) is 11.6 Å². The molecule has 1 aliphatic heterocycles. The van der Waals surface area contributed by atoms with Crippen LogP contribution in [0.2, 0.25) is 5.02 Å². The van der Waals surface area contributed by atoms with E-state index in [1.54, 1.807) is 24.5 Å². The summed E-state index contributed by atoms with van der Waals surface area (Å²) in [4.78, 5) is 30.9. The number of benzene rings is 1. The van der Waals surface area contributed by atoms with E-state index in [2.05, 4.69) is 38.0 Å². The van der Waals surface area contributed by atoms with Crippen molar-refractivity contribution in [3.8, 4) is 0 Å². The third-order valence-corrected chi connectivity index (χ3v) is 6.24. The first kappa shape index (κ1) is 21.9. The van der Waals surface area contributed by atoms with Crippen molar-refractivity contribution in [2.45, 2.75) is 31.7 Å². The Bertz CT molecular complexity index is 1160. The van der Waals surface area contributed by atoms with Crippen molar-refractivity contribution >= 4 is 56.9 Å². The lowest BCUT2D eigenvalue weighted by atomic mass is 10.1. The lowest BCUT2D eigenvalue weighted by Crippen LogP contribution is -2.46. The molecule has 2 atom stereocenters. The summed E-state index contributed by atoms with van der Waals surface area (Å²) >= 11 is 7.82. The molecule has 0 spiro atoms. The van der Waals surface area contributed by atoms with Crippen molar-refractivity contribution in [2.75, 3.05) is 6.54 Å². The summed E-state index contributed by atoms with van der Waals surface area (Å²) in [6.45, 7) is -0.448. The summed E-state index contributed by atoms with van der Waals surface area (Å²) < 4.78 is 30.4. The Morgan fingerprint density at radius 1 is 1.32 bits per heavy atom. The zero-order valence-corrected chi connectivity index (χ0v) is 19.0. The third-order valence-electron chi connectivity index (χ3n) is 5.15. The average molecular weight is 560 g/mol. The number of amides is 2. The van der Waals surface area contributed by atoms with E-state index in [1.165, 1.54) is 21.7 Å². The van der Waals surface area contributed by atoms with E-state index in [-0.39, 0.29) is 36.6 Å². The van der Waals surface area contributed by atoms with Crippen molar-refractivity contribution in [1.82, 2.24) is 25.0 Å². The van der Waals surface area contributed by atoms with Gasteiger partial charge in [0.1, 0.15) is 28.3 Å². The number of carbonyl (C=O) groups excluding carboxylic acids is 2. The van der Waals surface area contributed by atoms with Gasteiger partial charge in [0.2, 0.25) is 11.8 Å². The second-order valence-electron chi connectivity index (χ2n) is 7.17. The monoisotopic (exact) mass is 559 g/mol. The smallest absolute Gasteiger partial charge is 0.245 e. The van der Waals surface area contributed by atoms with Crippen LogP contribution in [0.3, 0.4) is 0 Å². The topological polar surface area (TPSA) is 80.1 Å². The Labute approximate surface area is 194 Å². The van der Waals surface area contributed by atoms with Crippen molar-refractivity contribution in [3.05, 3.63) is 56.8 Å². The minimum atomic E-state index is -1.32. The van der Waals surface area contributed by atoms with Gasteiger partial charge in [0.25, 0.3) is 0 Å². The molecule has 1 N–H and O–H groups in total. The molecule has 11 heteroatoms. The molecule has 1 saturated heterocycles. The average Bonchev–Trinajstić information content (AvgIpc) is 3.29. The van der Waals surface area contributed by atoms with Crippen molar-refractivity contribution in [1.29, 1.82) is 0 Å². The Morgan fingerprint density at radius 3 is 2.94 bits per heavy atom. The standard InChI is InChI=1S/C20H17ClF2IN5O2/c21-14-3-1-2-11(18(14)23)7-26-20(31)15-6-12(22)9-28(15)17(30)10-29-16-8-25-5-4-13(16)19(24)27-29/h1-5,8,12,15H,6-7,9-10H2,(H,26,31)/t12-,15+/m1/s1. The van der Waals surface area contributed by atoms with Crippen molar-refractivity contribution in [2.24, 2.45) is 0 Å². The summed E-state index contributed by atoms with van der Waals surface area (Å²) in [7, 11) is 0. The molecule has 0 aliphatic carbocycles. The first-order chi connectivity index (χ1) is 14.8. The molecule has 31 heavy (non-hydrogen) atoms. The highest BCUT2D eigenvalue weighted by Crippen LogP contribution is 2.24.